The summed E-state index contributed by atoms with van der Waals surface area (Å²) < 4.78 is 36.5. The van der Waals surface area contributed by atoms with Crippen molar-refractivity contribution in [3.8, 4) is 0 Å². The zero-order valence-electron chi connectivity index (χ0n) is 12.9. The number of ether oxygens (including phenoxy) is 1. The van der Waals surface area contributed by atoms with Crippen LogP contribution in [0, 0.1) is 0 Å². The lowest BCUT2D eigenvalue weighted by molar-refractivity contribution is -0.0520. The van der Waals surface area contributed by atoms with Crippen LogP contribution in [0.15, 0.2) is 21.9 Å². The van der Waals surface area contributed by atoms with Crippen molar-refractivity contribution in [1.29, 1.82) is 0 Å². The van der Waals surface area contributed by atoms with Crippen LogP contribution >= 0.6 is 15.3 Å². The molecule has 0 amide bonds. The summed E-state index contributed by atoms with van der Waals surface area (Å²) in [6, 6.07) is 0.982. The topological polar surface area (TPSA) is 233 Å². The zero-order chi connectivity index (χ0) is 19.0. The van der Waals surface area contributed by atoms with Crippen LogP contribution in [0.5, 0.6) is 0 Å². The lowest BCUT2D eigenvalue weighted by Gasteiger charge is -2.19. The van der Waals surface area contributed by atoms with Crippen molar-refractivity contribution in [2.24, 2.45) is 0 Å². The Labute approximate surface area is 146 Å². The third-order valence-electron chi connectivity index (χ3n) is 3.10. The molecule has 2 heterocycles. The normalized spacial score (nSPS) is 28.3. The Bertz CT molecular complexity index is 837. The third kappa shape index (κ3) is 5.69. The number of aliphatic hydroxyl groups is 2. The van der Waals surface area contributed by atoms with Gasteiger partial charge in [-0.3, -0.25) is 18.9 Å². The van der Waals surface area contributed by atoms with Crippen molar-refractivity contribution in [3.63, 3.8) is 0 Å². The van der Waals surface area contributed by atoms with E-state index in [-0.39, 0.29) is 6.15 Å². The maximum absolute atomic E-state index is 11.7. The van der Waals surface area contributed by atoms with Gasteiger partial charge in [0.2, 0.25) is 7.57 Å². The number of nitrogens with zero attached hydrogens (tertiary/aromatic N) is 1. The average molecular weight is 415 g/mol. The van der Waals surface area contributed by atoms with Crippen molar-refractivity contribution >= 4 is 22.9 Å². The minimum Gasteiger partial charge on any atom is -0.387 e. The third-order valence-corrected chi connectivity index (χ3v) is 5.37. The van der Waals surface area contributed by atoms with Crippen LogP contribution in [-0.2, 0) is 22.7 Å². The molecule has 0 spiro atoms. The molecule has 0 saturated carbocycles. The first-order valence-electron chi connectivity index (χ1n) is 6.53. The monoisotopic (exact) mass is 415 g/mol. The van der Waals surface area contributed by atoms with Crippen molar-refractivity contribution in [2.45, 2.75) is 24.5 Å². The molecule has 8 N–H and O–H groups in total. The van der Waals surface area contributed by atoms with Crippen LogP contribution in [0.4, 0.5) is 0 Å². The molecule has 26 heavy (non-hydrogen) atoms. The van der Waals surface area contributed by atoms with E-state index in [0.717, 1.165) is 16.8 Å². The van der Waals surface area contributed by atoms with Crippen molar-refractivity contribution in [2.75, 3.05) is 6.61 Å². The van der Waals surface area contributed by atoms with Gasteiger partial charge in [0, 0.05) is 12.3 Å². The molecule has 0 aliphatic carbocycles. The van der Waals surface area contributed by atoms with Crippen LogP contribution in [0.3, 0.4) is 0 Å². The van der Waals surface area contributed by atoms with Gasteiger partial charge in [0.05, 0.1) is 6.61 Å². The molecule has 0 unspecified atom stereocenters. The maximum atomic E-state index is 11.7. The highest BCUT2D eigenvalue weighted by atomic mass is 31.3. The Hall–Kier alpha value is -1.12. The maximum Gasteiger partial charge on any atom is 0.476 e. The van der Waals surface area contributed by atoms with E-state index >= 15 is 0 Å². The molecule has 1 fully saturated rings. The molecular weight excluding hydrogens is 399 g/mol. The standard InChI is InChI=1S/C9H13BN2O11P2.H3N/c10-24(17,23-25(18,19)20)21-3-4-6(14)7(15)8(22-4)12-2-1-5(13)11-9(12)16;/h1-2,4,6-8,14-15H,3H2,(H,11,13,16)(H2,18,19,20);1H3/t4-,6-,7-,8-,24-;/m1./s1. The van der Waals surface area contributed by atoms with Crippen molar-refractivity contribution in [1.82, 2.24) is 15.7 Å². The summed E-state index contributed by atoms with van der Waals surface area (Å²) in [5.41, 5.74) is -1.60. The minimum absolute atomic E-state index is 0. The molecule has 0 bridgehead atoms. The molecule has 2 radical (unpaired) electrons. The first kappa shape index (κ1) is 22.9. The number of rotatable bonds is 6. The van der Waals surface area contributed by atoms with Gasteiger partial charge in [-0.25, -0.2) is 13.7 Å². The first-order valence-corrected chi connectivity index (χ1v) is 9.67. The molecule has 17 heteroatoms. The molecule has 1 aliphatic rings. The van der Waals surface area contributed by atoms with Crippen LogP contribution in [0.2, 0.25) is 0 Å². The van der Waals surface area contributed by atoms with Crippen molar-refractivity contribution in [3.05, 3.63) is 33.1 Å². The second-order valence-electron chi connectivity index (χ2n) is 4.97. The second-order valence-corrected chi connectivity index (χ2v) is 7.94. The van der Waals surface area contributed by atoms with Crippen LogP contribution < -0.4 is 17.4 Å². The highest BCUT2D eigenvalue weighted by Crippen LogP contribution is 2.57. The van der Waals surface area contributed by atoms with Gasteiger partial charge < -0.3 is 35.4 Å². The van der Waals surface area contributed by atoms with Crippen LogP contribution in [0.25, 0.3) is 0 Å². The number of H-pyrrole nitrogens is 1. The predicted molar refractivity (Wildman–Crippen MR) is 84.7 cm³/mol. The molecule has 1 aliphatic heterocycles. The van der Waals surface area contributed by atoms with Crippen LogP contribution in [0.1, 0.15) is 6.23 Å². The Morgan fingerprint density at radius 3 is 2.42 bits per heavy atom. The summed E-state index contributed by atoms with van der Waals surface area (Å²) in [7, 11) is -4.89. The molecule has 1 aromatic heterocycles. The smallest absolute Gasteiger partial charge is 0.387 e. The average Bonchev–Trinajstić information content (AvgIpc) is 2.71. The summed E-state index contributed by atoms with van der Waals surface area (Å²) in [4.78, 5) is 41.8. The first-order chi connectivity index (χ1) is 11.4. The number of aromatic nitrogens is 2. The van der Waals surface area contributed by atoms with Gasteiger partial charge in [0.25, 0.3) is 13.0 Å². The van der Waals surface area contributed by atoms with Gasteiger partial charge in [-0.05, 0) is 0 Å². The van der Waals surface area contributed by atoms with E-state index < -0.39 is 57.7 Å². The summed E-state index contributed by atoms with van der Waals surface area (Å²) >= 11 is 0. The number of hydrogen-bond donors (Lipinski definition) is 6. The Morgan fingerprint density at radius 1 is 1.27 bits per heavy atom. The molecule has 2 rings (SSSR count). The zero-order valence-corrected chi connectivity index (χ0v) is 14.7. The molecule has 5 atom stereocenters. The highest BCUT2D eigenvalue weighted by Gasteiger charge is 2.45. The van der Waals surface area contributed by atoms with Gasteiger partial charge in [-0.2, -0.15) is 0 Å². The van der Waals surface area contributed by atoms with E-state index in [4.69, 9.17) is 22.1 Å². The Kier molecular flexibility index (Phi) is 7.29. The van der Waals surface area contributed by atoms with E-state index in [1.165, 1.54) is 0 Å². The molecule has 0 aromatic carbocycles. The lowest BCUT2D eigenvalue weighted by Crippen LogP contribution is -2.37. The SMILES string of the molecule is N.[B][P@@](=O)(OC[C@H]1O[C@@H](n2ccc(=O)[nH]c2=O)[C@H](O)[C@@H]1O)OP(=O)(O)O. The number of aromatic amines is 1. The highest BCUT2D eigenvalue weighted by molar-refractivity contribution is 7.83. The van der Waals surface area contributed by atoms with E-state index in [1.807, 2.05) is 4.98 Å². The Balaban J connectivity index is 0.00000338. The molecular formula is C9H16BN3O11P2. The minimum atomic E-state index is -5.19. The van der Waals surface area contributed by atoms with E-state index in [0.29, 0.717) is 0 Å². The predicted octanol–water partition coefficient (Wildman–Crippen LogP) is -2.28. The lowest BCUT2D eigenvalue weighted by atomic mass is 10.1. The second kappa shape index (κ2) is 8.27. The van der Waals surface area contributed by atoms with Crippen molar-refractivity contribution < 1.29 is 42.7 Å². The van der Waals surface area contributed by atoms with Crippen LogP contribution in [-0.4, -0.2) is 62.0 Å². The summed E-state index contributed by atoms with van der Waals surface area (Å²) in [6.45, 7) is -0.777. The van der Waals surface area contributed by atoms with E-state index in [9.17, 15) is 28.9 Å². The van der Waals surface area contributed by atoms with E-state index in [1.54, 1.807) is 0 Å². The largest absolute Gasteiger partial charge is 0.476 e. The summed E-state index contributed by atoms with van der Waals surface area (Å²) in [6.07, 6.45) is -5.00. The quantitative estimate of drug-likeness (QED) is 0.213. The fraction of sp³-hybridized carbons (Fsp3) is 0.556. The number of phosphoric acid groups is 1. The summed E-state index contributed by atoms with van der Waals surface area (Å²) in [5.74, 6) is 0. The van der Waals surface area contributed by atoms with Gasteiger partial charge in [-0.15, -0.1) is 0 Å². The number of nitrogens with one attached hydrogen (secondary N) is 1. The van der Waals surface area contributed by atoms with Gasteiger partial charge in [-0.1, -0.05) is 0 Å². The molecule has 1 aromatic rings. The number of hydrogen-bond acceptors (Lipinski definition) is 10. The number of aliphatic hydroxyl groups excluding tert-OH is 2. The summed E-state index contributed by atoms with van der Waals surface area (Å²) in [5, 5.41) is 19.8. The van der Waals surface area contributed by atoms with Gasteiger partial charge in [0.15, 0.2) is 6.23 Å². The van der Waals surface area contributed by atoms with Gasteiger partial charge >= 0.3 is 13.5 Å². The molecule has 14 nitrogen and oxygen atoms in total. The molecule has 146 valence electrons. The fourth-order valence-electron chi connectivity index (χ4n) is 2.07. The molecule has 1 saturated heterocycles. The van der Waals surface area contributed by atoms with Gasteiger partial charge in [0.1, 0.15) is 18.3 Å². The Morgan fingerprint density at radius 2 is 1.88 bits per heavy atom. The fourth-order valence-corrected chi connectivity index (χ4v) is 3.80. The van der Waals surface area contributed by atoms with E-state index in [2.05, 4.69) is 8.83 Å².